The highest BCUT2D eigenvalue weighted by atomic mass is 15.2. The van der Waals surface area contributed by atoms with E-state index in [1.807, 2.05) is 6.07 Å². The van der Waals surface area contributed by atoms with Gasteiger partial charge >= 0.3 is 0 Å². The lowest BCUT2D eigenvalue weighted by Crippen LogP contribution is -2.37. The predicted molar refractivity (Wildman–Crippen MR) is 71.2 cm³/mol. The molecule has 0 bridgehead atoms. The van der Waals surface area contributed by atoms with E-state index in [4.69, 9.17) is 5.26 Å². The molecule has 0 spiro atoms. The summed E-state index contributed by atoms with van der Waals surface area (Å²) < 4.78 is 0. The fraction of sp³-hybridized carbons (Fsp3) is 0.643. The molecule has 96 valence electrons. The molecule has 0 aliphatic heterocycles. The van der Waals surface area contributed by atoms with E-state index in [1.165, 1.54) is 25.7 Å². The van der Waals surface area contributed by atoms with Crippen molar-refractivity contribution in [2.75, 3.05) is 11.9 Å². The molecule has 1 heterocycles. The quantitative estimate of drug-likeness (QED) is 0.802. The standard InChI is InChI=1S/C14H20N4/c1-14(2)6-4-12(5-7-14)18(3)13-10-16-11(8-15)9-17-13/h9-10,12H,4-7H2,1-3H3. The molecule has 1 saturated carbocycles. The number of nitrogens with zero attached hydrogens (tertiary/aromatic N) is 4. The van der Waals surface area contributed by atoms with E-state index in [-0.39, 0.29) is 0 Å². The molecule has 4 nitrogen and oxygen atoms in total. The van der Waals surface area contributed by atoms with Gasteiger partial charge in [0.1, 0.15) is 11.9 Å². The highest BCUT2D eigenvalue weighted by Gasteiger charge is 2.29. The van der Waals surface area contributed by atoms with Gasteiger partial charge in [0, 0.05) is 13.1 Å². The van der Waals surface area contributed by atoms with Crippen LogP contribution >= 0.6 is 0 Å². The maximum Gasteiger partial charge on any atom is 0.158 e. The second-order valence-electron chi connectivity index (χ2n) is 5.88. The average Bonchev–Trinajstić information content (AvgIpc) is 2.38. The number of anilines is 1. The molecule has 4 heteroatoms. The molecule has 0 atom stereocenters. The molecule has 0 radical (unpaired) electrons. The van der Waals surface area contributed by atoms with Gasteiger partial charge < -0.3 is 4.90 Å². The summed E-state index contributed by atoms with van der Waals surface area (Å²) in [6.07, 6.45) is 8.14. The zero-order valence-corrected chi connectivity index (χ0v) is 11.3. The smallest absolute Gasteiger partial charge is 0.158 e. The van der Waals surface area contributed by atoms with Gasteiger partial charge in [-0.25, -0.2) is 9.97 Å². The van der Waals surface area contributed by atoms with Crippen LogP contribution in [-0.2, 0) is 0 Å². The van der Waals surface area contributed by atoms with Crippen molar-refractivity contribution in [3.63, 3.8) is 0 Å². The van der Waals surface area contributed by atoms with Crippen molar-refractivity contribution in [2.45, 2.75) is 45.6 Å². The summed E-state index contributed by atoms with van der Waals surface area (Å²) in [5.41, 5.74) is 0.852. The van der Waals surface area contributed by atoms with Crippen LogP contribution in [0.15, 0.2) is 12.4 Å². The summed E-state index contributed by atoms with van der Waals surface area (Å²) in [7, 11) is 2.07. The molecular formula is C14H20N4. The topological polar surface area (TPSA) is 52.8 Å². The van der Waals surface area contributed by atoms with Crippen molar-refractivity contribution in [1.29, 1.82) is 5.26 Å². The van der Waals surface area contributed by atoms with Gasteiger partial charge in [-0.15, -0.1) is 0 Å². The van der Waals surface area contributed by atoms with E-state index in [9.17, 15) is 0 Å². The maximum absolute atomic E-state index is 8.71. The van der Waals surface area contributed by atoms with E-state index in [2.05, 4.69) is 35.8 Å². The third kappa shape index (κ3) is 2.79. The summed E-state index contributed by atoms with van der Waals surface area (Å²) in [4.78, 5) is 10.6. The number of aromatic nitrogens is 2. The van der Waals surface area contributed by atoms with Crippen molar-refractivity contribution >= 4 is 5.82 Å². The Balaban J connectivity index is 2.03. The van der Waals surface area contributed by atoms with E-state index in [0.717, 1.165) is 5.82 Å². The van der Waals surface area contributed by atoms with Gasteiger partial charge in [0.05, 0.1) is 12.4 Å². The average molecular weight is 244 g/mol. The first-order chi connectivity index (χ1) is 8.52. The lowest BCUT2D eigenvalue weighted by Gasteiger charge is -2.38. The highest BCUT2D eigenvalue weighted by Crippen LogP contribution is 2.37. The fourth-order valence-electron chi connectivity index (χ4n) is 2.52. The van der Waals surface area contributed by atoms with Crippen LogP contribution in [0.3, 0.4) is 0 Å². The molecule has 0 aromatic carbocycles. The fourth-order valence-corrected chi connectivity index (χ4v) is 2.52. The number of hydrogen-bond acceptors (Lipinski definition) is 4. The molecule has 1 aromatic heterocycles. The molecule has 1 fully saturated rings. The zero-order valence-electron chi connectivity index (χ0n) is 11.3. The third-order valence-electron chi connectivity index (χ3n) is 3.97. The lowest BCUT2D eigenvalue weighted by atomic mass is 9.75. The lowest BCUT2D eigenvalue weighted by molar-refractivity contribution is 0.222. The van der Waals surface area contributed by atoms with E-state index in [1.54, 1.807) is 12.4 Å². The molecule has 0 saturated heterocycles. The SMILES string of the molecule is CN(c1cnc(C#N)cn1)C1CCC(C)(C)CC1. The zero-order chi connectivity index (χ0) is 13.2. The first-order valence-electron chi connectivity index (χ1n) is 6.47. The first-order valence-corrected chi connectivity index (χ1v) is 6.47. The number of hydrogen-bond donors (Lipinski definition) is 0. The Morgan fingerprint density at radius 1 is 1.28 bits per heavy atom. The van der Waals surface area contributed by atoms with Gasteiger partial charge in [-0.05, 0) is 31.1 Å². The normalized spacial score (nSPS) is 19.2. The molecule has 0 N–H and O–H groups in total. The maximum atomic E-state index is 8.71. The Kier molecular flexibility index (Phi) is 3.51. The second kappa shape index (κ2) is 4.93. The second-order valence-corrected chi connectivity index (χ2v) is 5.88. The number of rotatable bonds is 2. The van der Waals surface area contributed by atoms with Gasteiger partial charge in [-0.3, -0.25) is 0 Å². The predicted octanol–water partition coefficient (Wildman–Crippen LogP) is 2.75. The van der Waals surface area contributed by atoms with Crippen LogP contribution in [0.1, 0.15) is 45.2 Å². The first kappa shape index (κ1) is 12.8. The van der Waals surface area contributed by atoms with Crippen molar-refractivity contribution < 1.29 is 0 Å². The number of nitriles is 1. The minimum Gasteiger partial charge on any atom is -0.355 e. The van der Waals surface area contributed by atoms with Gasteiger partial charge in [0.25, 0.3) is 0 Å². The van der Waals surface area contributed by atoms with Crippen LogP contribution in [0.25, 0.3) is 0 Å². The summed E-state index contributed by atoms with van der Waals surface area (Å²) in [5, 5.41) is 8.71. The summed E-state index contributed by atoms with van der Waals surface area (Å²) in [5.74, 6) is 0.860. The largest absolute Gasteiger partial charge is 0.355 e. The highest BCUT2D eigenvalue weighted by molar-refractivity contribution is 5.37. The van der Waals surface area contributed by atoms with Crippen LogP contribution in [0, 0.1) is 16.7 Å². The van der Waals surface area contributed by atoms with E-state index >= 15 is 0 Å². The van der Waals surface area contributed by atoms with Gasteiger partial charge in [0.2, 0.25) is 0 Å². The molecule has 0 unspecified atom stereocenters. The van der Waals surface area contributed by atoms with Crippen LogP contribution in [0.4, 0.5) is 5.82 Å². The molecule has 1 aliphatic rings. The van der Waals surface area contributed by atoms with Crippen molar-refractivity contribution in [3.05, 3.63) is 18.1 Å². The summed E-state index contributed by atoms with van der Waals surface area (Å²) in [6, 6.07) is 2.53. The monoisotopic (exact) mass is 244 g/mol. The molecular weight excluding hydrogens is 224 g/mol. The third-order valence-corrected chi connectivity index (χ3v) is 3.97. The van der Waals surface area contributed by atoms with Crippen LogP contribution in [0.2, 0.25) is 0 Å². The van der Waals surface area contributed by atoms with Crippen LogP contribution < -0.4 is 4.90 Å². The van der Waals surface area contributed by atoms with Crippen LogP contribution in [0.5, 0.6) is 0 Å². The Morgan fingerprint density at radius 2 is 1.94 bits per heavy atom. The molecule has 1 aromatic rings. The Bertz CT molecular complexity index is 434. The van der Waals surface area contributed by atoms with E-state index in [0.29, 0.717) is 17.2 Å². The van der Waals surface area contributed by atoms with Gasteiger partial charge in [-0.2, -0.15) is 5.26 Å². The summed E-state index contributed by atoms with van der Waals surface area (Å²) in [6.45, 7) is 4.68. The van der Waals surface area contributed by atoms with Crippen molar-refractivity contribution in [2.24, 2.45) is 5.41 Å². The molecule has 18 heavy (non-hydrogen) atoms. The minimum absolute atomic E-state index is 0.372. The Morgan fingerprint density at radius 3 is 2.44 bits per heavy atom. The van der Waals surface area contributed by atoms with Crippen molar-refractivity contribution in [3.8, 4) is 6.07 Å². The Hall–Kier alpha value is -1.63. The van der Waals surface area contributed by atoms with E-state index < -0.39 is 0 Å². The van der Waals surface area contributed by atoms with Gasteiger partial charge in [0.15, 0.2) is 5.69 Å². The Labute approximate surface area is 109 Å². The van der Waals surface area contributed by atoms with Gasteiger partial charge in [-0.1, -0.05) is 13.8 Å². The molecule has 2 rings (SSSR count). The van der Waals surface area contributed by atoms with Crippen LogP contribution in [-0.4, -0.2) is 23.1 Å². The minimum atomic E-state index is 0.372. The molecule has 0 amide bonds. The van der Waals surface area contributed by atoms with Crippen molar-refractivity contribution in [1.82, 2.24) is 9.97 Å². The summed E-state index contributed by atoms with van der Waals surface area (Å²) >= 11 is 0. The molecule has 1 aliphatic carbocycles.